The van der Waals surface area contributed by atoms with Gasteiger partial charge in [0, 0.05) is 5.69 Å². The van der Waals surface area contributed by atoms with Crippen molar-refractivity contribution in [2.75, 3.05) is 11.9 Å². The summed E-state index contributed by atoms with van der Waals surface area (Å²) >= 11 is 0. The van der Waals surface area contributed by atoms with Gasteiger partial charge in [0.2, 0.25) is 0 Å². The van der Waals surface area contributed by atoms with E-state index in [9.17, 15) is 4.39 Å². The molecule has 100 valence electrons. The van der Waals surface area contributed by atoms with Gasteiger partial charge in [-0.25, -0.2) is 4.39 Å². The molecule has 0 fully saturated rings. The Balaban J connectivity index is 1.90. The third-order valence-corrected chi connectivity index (χ3v) is 2.78. The minimum atomic E-state index is -0.322. The van der Waals surface area contributed by atoms with Gasteiger partial charge < -0.3 is 10.1 Å². The van der Waals surface area contributed by atoms with Crippen molar-refractivity contribution in [1.29, 1.82) is 0 Å². The van der Waals surface area contributed by atoms with Crippen LogP contribution >= 0.6 is 0 Å². The van der Waals surface area contributed by atoms with Crippen molar-refractivity contribution in [1.82, 2.24) is 0 Å². The van der Waals surface area contributed by atoms with Gasteiger partial charge in [0.15, 0.2) is 11.6 Å². The van der Waals surface area contributed by atoms with Gasteiger partial charge in [-0.1, -0.05) is 24.3 Å². The predicted octanol–water partition coefficient (Wildman–Crippen LogP) is 4.01. The molecule has 0 spiro atoms. The summed E-state index contributed by atoms with van der Waals surface area (Å²) in [6.07, 6.45) is -0.114. The second kappa shape index (κ2) is 6.23. The topological polar surface area (TPSA) is 21.3 Å². The van der Waals surface area contributed by atoms with Crippen molar-refractivity contribution in [2.24, 2.45) is 0 Å². The van der Waals surface area contributed by atoms with Crippen LogP contribution in [0, 0.1) is 12.7 Å². The number of hydrogen-bond donors (Lipinski definition) is 1. The highest BCUT2D eigenvalue weighted by Crippen LogP contribution is 2.19. The lowest BCUT2D eigenvalue weighted by atomic mass is 10.2. The molecule has 1 unspecified atom stereocenters. The number of rotatable bonds is 5. The van der Waals surface area contributed by atoms with E-state index in [0.717, 1.165) is 11.3 Å². The lowest BCUT2D eigenvalue weighted by Crippen LogP contribution is -2.23. The fraction of sp³-hybridized carbons (Fsp3) is 0.250. The van der Waals surface area contributed by atoms with E-state index in [0.29, 0.717) is 12.3 Å². The number of nitrogens with one attached hydrogen (secondary N) is 1. The summed E-state index contributed by atoms with van der Waals surface area (Å²) in [6.45, 7) is 4.45. The number of hydrogen-bond acceptors (Lipinski definition) is 2. The molecule has 19 heavy (non-hydrogen) atoms. The lowest BCUT2D eigenvalue weighted by Gasteiger charge is -2.17. The predicted molar refractivity (Wildman–Crippen MR) is 76.2 cm³/mol. The van der Waals surface area contributed by atoms with Gasteiger partial charge in [-0.15, -0.1) is 0 Å². The van der Waals surface area contributed by atoms with Crippen LogP contribution in [0.4, 0.5) is 10.1 Å². The Morgan fingerprint density at radius 3 is 2.63 bits per heavy atom. The average molecular weight is 259 g/mol. The first kappa shape index (κ1) is 13.4. The van der Waals surface area contributed by atoms with E-state index in [4.69, 9.17) is 4.74 Å². The second-order valence-corrected chi connectivity index (χ2v) is 4.61. The third kappa shape index (κ3) is 3.98. The van der Waals surface area contributed by atoms with Crippen molar-refractivity contribution in [3.8, 4) is 5.75 Å². The van der Waals surface area contributed by atoms with Gasteiger partial charge >= 0.3 is 0 Å². The van der Waals surface area contributed by atoms with E-state index in [1.54, 1.807) is 12.1 Å². The first-order valence-corrected chi connectivity index (χ1v) is 6.37. The molecule has 0 aromatic heterocycles. The van der Waals surface area contributed by atoms with E-state index >= 15 is 0 Å². The number of para-hydroxylation sites is 1. The molecular formula is C16H18FNO. The average Bonchev–Trinajstić information content (AvgIpc) is 2.42. The molecule has 2 aromatic carbocycles. The van der Waals surface area contributed by atoms with Crippen LogP contribution in [0.25, 0.3) is 0 Å². The second-order valence-electron chi connectivity index (χ2n) is 4.61. The number of anilines is 1. The lowest BCUT2D eigenvalue weighted by molar-refractivity contribution is 0.224. The van der Waals surface area contributed by atoms with Crippen molar-refractivity contribution in [3.63, 3.8) is 0 Å². The molecule has 0 aliphatic heterocycles. The molecular weight excluding hydrogens is 241 g/mol. The summed E-state index contributed by atoms with van der Waals surface area (Å²) < 4.78 is 19.2. The smallest absolute Gasteiger partial charge is 0.165 e. The van der Waals surface area contributed by atoms with Gasteiger partial charge in [-0.3, -0.25) is 0 Å². The zero-order valence-electron chi connectivity index (χ0n) is 11.2. The molecule has 0 radical (unpaired) electrons. The quantitative estimate of drug-likeness (QED) is 0.875. The Bertz CT molecular complexity index is 528. The maximum Gasteiger partial charge on any atom is 0.165 e. The number of aryl methyl sites for hydroxylation is 1. The molecule has 0 saturated carbocycles. The van der Waals surface area contributed by atoms with Crippen LogP contribution in [0.3, 0.4) is 0 Å². The summed E-state index contributed by atoms with van der Waals surface area (Å²) in [5.74, 6) is -0.0143. The van der Waals surface area contributed by atoms with Crippen LogP contribution in [0.5, 0.6) is 5.75 Å². The highest BCUT2D eigenvalue weighted by molar-refractivity contribution is 5.42. The van der Waals surface area contributed by atoms with Crippen molar-refractivity contribution in [3.05, 3.63) is 59.9 Å². The monoisotopic (exact) mass is 259 g/mol. The van der Waals surface area contributed by atoms with Crippen LogP contribution in [-0.2, 0) is 0 Å². The van der Waals surface area contributed by atoms with E-state index in [1.165, 1.54) is 6.07 Å². The highest BCUT2D eigenvalue weighted by atomic mass is 19.1. The molecule has 0 amide bonds. The first-order valence-electron chi connectivity index (χ1n) is 6.37. The molecule has 1 N–H and O–H groups in total. The molecule has 3 heteroatoms. The summed E-state index contributed by atoms with van der Waals surface area (Å²) in [4.78, 5) is 0. The maximum atomic E-state index is 13.5. The molecule has 0 heterocycles. The summed E-state index contributed by atoms with van der Waals surface area (Å²) in [5, 5.41) is 3.25. The van der Waals surface area contributed by atoms with Gasteiger partial charge in [0.1, 0.15) is 6.10 Å². The van der Waals surface area contributed by atoms with Gasteiger partial charge in [0.05, 0.1) is 6.54 Å². The van der Waals surface area contributed by atoms with Crippen LogP contribution in [0.2, 0.25) is 0 Å². The van der Waals surface area contributed by atoms with Crippen LogP contribution in [0.1, 0.15) is 12.5 Å². The van der Waals surface area contributed by atoms with Crippen molar-refractivity contribution < 1.29 is 9.13 Å². The molecule has 0 aliphatic carbocycles. The fourth-order valence-corrected chi connectivity index (χ4v) is 1.78. The van der Waals surface area contributed by atoms with Crippen molar-refractivity contribution >= 4 is 5.69 Å². The SMILES string of the molecule is Cc1ccc(F)c(OC(C)CNc2ccccc2)c1. The highest BCUT2D eigenvalue weighted by Gasteiger charge is 2.08. The zero-order chi connectivity index (χ0) is 13.7. The van der Waals surface area contributed by atoms with Gasteiger partial charge in [0.25, 0.3) is 0 Å². The van der Waals surface area contributed by atoms with Crippen LogP contribution < -0.4 is 10.1 Å². The minimum Gasteiger partial charge on any atom is -0.486 e. The zero-order valence-corrected chi connectivity index (χ0v) is 11.2. The summed E-state index contributed by atoms with van der Waals surface area (Å²) in [5.41, 5.74) is 2.02. The Hall–Kier alpha value is -2.03. The van der Waals surface area contributed by atoms with Crippen LogP contribution in [0.15, 0.2) is 48.5 Å². The van der Waals surface area contributed by atoms with E-state index in [2.05, 4.69) is 5.32 Å². The Morgan fingerprint density at radius 2 is 1.89 bits per heavy atom. The normalized spacial score (nSPS) is 11.9. The summed E-state index contributed by atoms with van der Waals surface area (Å²) in [6, 6.07) is 14.8. The van der Waals surface area contributed by atoms with E-state index in [1.807, 2.05) is 44.2 Å². The van der Waals surface area contributed by atoms with E-state index in [-0.39, 0.29) is 11.9 Å². The number of ether oxygens (including phenoxy) is 1. The minimum absolute atomic E-state index is 0.114. The maximum absolute atomic E-state index is 13.5. The largest absolute Gasteiger partial charge is 0.486 e. The van der Waals surface area contributed by atoms with Gasteiger partial charge in [-0.2, -0.15) is 0 Å². The first-order chi connectivity index (χ1) is 9.15. The molecule has 0 saturated heterocycles. The summed E-state index contributed by atoms with van der Waals surface area (Å²) in [7, 11) is 0. The number of halogens is 1. The molecule has 2 aromatic rings. The fourth-order valence-electron chi connectivity index (χ4n) is 1.78. The Morgan fingerprint density at radius 1 is 1.16 bits per heavy atom. The number of benzene rings is 2. The molecule has 1 atom stereocenters. The third-order valence-electron chi connectivity index (χ3n) is 2.78. The Kier molecular flexibility index (Phi) is 4.39. The standard InChI is InChI=1S/C16H18FNO/c1-12-8-9-15(17)16(10-12)19-13(2)11-18-14-6-4-3-5-7-14/h3-10,13,18H,11H2,1-2H3. The van der Waals surface area contributed by atoms with Gasteiger partial charge in [-0.05, 0) is 43.7 Å². The molecule has 0 bridgehead atoms. The Labute approximate surface area is 113 Å². The van der Waals surface area contributed by atoms with E-state index < -0.39 is 0 Å². The molecule has 2 rings (SSSR count). The van der Waals surface area contributed by atoms with Crippen molar-refractivity contribution in [2.45, 2.75) is 20.0 Å². The van der Waals surface area contributed by atoms with Crippen LogP contribution in [-0.4, -0.2) is 12.6 Å². The molecule has 2 nitrogen and oxygen atoms in total. The molecule has 0 aliphatic rings.